The zero-order chi connectivity index (χ0) is 19.2. The molecule has 1 heterocycles. The number of rotatable bonds is 7. The molecule has 0 fully saturated rings. The maximum Gasteiger partial charge on any atom is 0.287 e. The van der Waals surface area contributed by atoms with Crippen LogP contribution >= 0.6 is 0 Å². The van der Waals surface area contributed by atoms with Crippen LogP contribution in [0.4, 0.5) is 4.39 Å². The Balaban J connectivity index is 1.58. The second-order valence-electron chi connectivity index (χ2n) is 5.74. The van der Waals surface area contributed by atoms with Crippen molar-refractivity contribution in [2.75, 3.05) is 7.11 Å². The maximum atomic E-state index is 13.2. The van der Waals surface area contributed by atoms with E-state index in [4.69, 9.17) is 9.15 Å². The summed E-state index contributed by atoms with van der Waals surface area (Å²) in [5.41, 5.74) is 0.649. The highest BCUT2D eigenvalue weighted by molar-refractivity contribution is 7.84. The summed E-state index contributed by atoms with van der Waals surface area (Å²) in [5.74, 6) is 0.631. The number of carbonyl (C=O) groups is 1. The second-order valence-corrected chi connectivity index (χ2v) is 7.20. The molecule has 1 aromatic heterocycles. The number of hydrogen-bond acceptors (Lipinski definition) is 4. The van der Waals surface area contributed by atoms with Crippen LogP contribution in [0.1, 0.15) is 21.9 Å². The standard InChI is InChI=1S/C20H18FNO4S/c1-25-16-5-8-18(9-6-16)27(24)13-17-7-10-19(26-17)20(23)22-12-14-3-2-4-15(21)11-14/h2-11H,12-13H2,1H3,(H,22,23). The lowest BCUT2D eigenvalue weighted by Crippen LogP contribution is -2.22. The van der Waals surface area contributed by atoms with E-state index in [0.717, 1.165) is 0 Å². The minimum atomic E-state index is -1.30. The van der Waals surface area contributed by atoms with Crippen LogP contribution in [0.25, 0.3) is 0 Å². The van der Waals surface area contributed by atoms with Gasteiger partial charge in [0.25, 0.3) is 5.91 Å². The van der Waals surface area contributed by atoms with Crippen molar-refractivity contribution in [1.82, 2.24) is 5.32 Å². The van der Waals surface area contributed by atoms with Crippen LogP contribution in [0.5, 0.6) is 5.75 Å². The molecule has 1 atom stereocenters. The van der Waals surface area contributed by atoms with Crippen molar-refractivity contribution in [2.24, 2.45) is 0 Å². The fourth-order valence-corrected chi connectivity index (χ4v) is 3.45. The molecule has 1 amide bonds. The van der Waals surface area contributed by atoms with Gasteiger partial charge < -0.3 is 14.5 Å². The van der Waals surface area contributed by atoms with Crippen molar-refractivity contribution in [1.29, 1.82) is 0 Å². The van der Waals surface area contributed by atoms with E-state index in [1.54, 1.807) is 49.6 Å². The number of hydrogen-bond donors (Lipinski definition) is 1. The third-order valence-corrected chi connectivity index (χ3v) is 5.17. The molecule has 7 heteroatoms. The fraction of sp³-hybridized carbons (Fsp3) is 0.150. The molecule has 0 aliphatic rings. The van der Waals surface area contributed by atoms with Gasteiger partial charge in [-0.3, -0.25) is 9.00 Å². The molecule has 0 saturated heterocycles. The van der Waals surface area contributed by atoms with Gasteiger partial charge >= 0.3 is 0 Å². The molecule has 0 bridgehead atoms. The monoisotopic (exact) mass is 387 g/mol. The van der Waals surface area contributed by atoms with Crippen LogP contribution in [-0.4, -0.2) is 17.2 Å². The summed E-state index contributed by atoms with van der Waals surface area (Å²) in [6, 6.07) is 16.1. The van der Waals surface area contributed by atoms with Gasteiger partial charge in [0.15, 0.2) is 5.76 Å². The molecule has 0 aliphatic heterocycles. The number of halogens is 1. The van der Waals surface area contributed by atoms with Crippen molar-refractivity contribution >= 4 is 16.7 Å². The highest BCUT2D eigenvalue weighted by Crippen LogP contribution is 2.18. The topological polar surface area (TPSA) is 68.5 Å². The van der Waals surface area contributed by atoms with Crippen LogP contribution in [-0.2, 0) is 23.1 Å². The first-order chi connectivity index (χ1) is 13.0. The largest absolute Gasteiger partial charge is 0.497 e. The van der Waals surface area contributed by atoms with E-state index in [1.807, 2.05) is 0 Å². The van der Waals surface area contributed by atoms with Gasteiger partial charge in [-0.1, -0.05) is 12.1 Å². The van der Waals surface area contributed by atoms with Crippen molar-refractivity contribution in [2.45, 2.75) is 17.2 Å². The molecule has 140 valence electrons. The van der Waals surface area contributed by atoms with Gasteiger partial charge in [0, 0.05) is 11.4 Å². The average Bonchev–Trinajstić information content (AvgIpc) is 3.15. The van der Waals surface area contributed by atoms with Gasteiger partial charge in [-0.05, 0) is 54.1 Å². The number of nitrogens with one attached hydrogen (secondary N) is 1. The Kier molecular flexibility index (Phi) is 6.03. The molecule has 3 aromatic rings. The molecular formula is C20H18FNO4S. The predicted octanol–water partition coefficient (Wildman–Crippen LogP) is 3.67. The zero-order valence-electron chi connectivity index (χ0n) is 14.6. The minimum absolute atomic E-state index is 0.119. The predicted molar refractivity (Wildman–Crippen MR) is 99.4 cm³/mol. The molecule has 0 radical (unpaired) electrons. The number of carbonyl (C=O) groups excluding carboxylic acids is 1. The van der Waals surface area contributed by atoms with Gasteiger partial charge in [-0.25, -0.2) is 4.39 Å². The Morgan fingerprint density at radius 3 is 2.63 bits per heavy atom. The quantitative estimate of drug-likeness (QED) is 0.672. The smallest absolute Gasteiger partial charge is 0.287 e. The van der Waals surface area contributed by atoms with Crippen molar-refractivity contribution in [3.8, 4) is 5.75 Å². The minimum Gasteiger partial charge on any atom is -0.497 e. The van der Waals surface area contributed by atoms with Gasteiger partial charge in [0.2, 0.25) is 0 Å². The lowest BCUT2D eigenvalue weighted by Gasteiger charge is -2.04. The highest BCUT2D eigenvalue weighted by atomic mass is 32.2. The molecule has 27 heavy (non-hydrogen) atoms. The van der Waals surface area contributed by atoms with E-state index >= 15 is 0 Å². The third kappa shape index (κ3) is 5.04. The first-order valence-electron chi connectivity index (χ1n) is 8.19. The average molecular weight is 387 g/mol. The van der Waals surface area contributed by atoms with E-state index < -0.39 is 16.7 Å². The molecule has 0 saturated carbocycles. The van der Waals surface area contributed by atoms with Crippen molar-refractivity contribution in [3.63, 3.8) is 0 Å². The van der Waals surface area contributed by atoms with Crippen LogP contribution in [0.2, 0.25) is 0 Å². The Morgan fingerprint density at radius 2 is 1.93 bits per heavy atom. The van der Waals surface area contributed by atoms with E-state index in [9.17, 15) is 13.4 Å². The first kappa shape index (κ1) is 18.8. The number of furan rings is 1. The summed E-state index contributed by atoms with van der Waals surface area (Å²) in [7, 11) is 0.262. The summed E-state index contributed by atoms with van der Waals surface area (Å²) < 4.78 is 36.1. The SMILES string of the molecule is COc1ccc(S(=O)Cc2ccc(C(=O)NCc3cccc(F)c3)o2)cc1. The molecule has 5 nitrogen and oxygen atoms in total. The van der Waals surface area contributed by atoms with Crippen LogP contribution in [0.3, 0.4) is 0 Å². The summed E-state index contributed by atoms with van der Waals surface area (Å²) >= 11 is 0. The van der Waals surface area contributed by atoms with Gasteiger partial charge in [-0.15, -0.1) is 0 Å². The van der Waals surface area contributed by atoms with E-state index in [1.165, 1.54) is 18.2 Å². The van der Waals surface area contributed by atoms with Gasteiger partial charge in [0.1, 0.15) is 17.3 Å². The lowest BCUT2D eigenvalue weighted by molar-refractivity contribution is 0.0921. The van der Waals surface area contributed by atoms with Gasteiger partial charge in [0.05, 0.1) is 23.7 Å². The molecule has 0 aliphatic carbocycles. The number of methoxy groups -OCH3 is 1. The molecular weight excluding hydrogens is 369 g/mol. The number of benzene rings is 2. The number of amides is 1. The van der Waals surface area contributed by atoms with Crippen LogP contribution in [0, 0.1) is 5.82 Å². The Hall–Kier alpha value is -2.93. The Labute approximate surface area is 158 Å². The molecule has 1 N–H and O–H groups in total. The van der Waals surface area contributed by atoms with E-state index in [-0.39, 0.29) is 23.9 Å². The van der Waals surface area contributed by atoms with Crippen molar-refractivity contribution in [3.05, 3.63) is 83.6 Å². The number of ether oxygens (including phenoxy) is 1. The first-order valence-corrected chi connectivity index (χ1v) is 9.51. The van der Waals surface area contributed by atoms with Crippen LogP contribution < -0.4 is 10.1 Å². The van der Waals surface area contributed by atoms with E-state index in [0.29, 0.717) is 22.0 Å². The van der Waals surface area contributed by atoms with Crippen molar-refractivity contribution < 1.29 is 22.5 Å². The second kappa shape index (κ2) is 8.64. The Morgan fingerprint density at radius 1 is 1.15 bits per heavy atom. The van der Waals surface area contributed by atoms with Crippen LogP contribution in [0.15, 0.2) is 70.0 Å². The molecule has 3 rings (SSSR count). The lowest BCUT2D eigenvalue weighted by atomic mass is 10.2. The zero-order valence-corrected chi connectivity index (χ0v) is 15.4. The highest BCUT2D eigenvalue weighted by Gasteiger charge is 2.14. The third-order valence-electron chi connectivity index (χ3n) is 3.82. The summed E-state index contributed by atoms with van der Waals surface area (Å²) in [6.45, 7) is 0.185. The Bertz CT molecular complexity index is 953. The molecule has 2 aromatic carbocycles. The van der Waals surface area contributed by atoms with Gasteiger partial charge in [-0.2, -0.15) is 0 Å². The summed E-state index contributed by atoms with van der Waals surface area (Å²) in [4.78, 5) is 12.8. The van der Waals surface area contributed by atoms with E-state index in [2.05, 4.69) is 5.32 Å². The summed E-state index contributed by atoms with van der Waals surface area (Å²) in [5, 5.41) is 2.66. The maximum absolute atomic E-state index is 13.2. The normalized spacial score (nSPS) is 11.8. The fourth-order valence-electron chi connectivity index (χ4n) is 2.43. The summed E-state index contributed by atoms with van der Waals surface area (Å²) in [6.07, 6.45) is 0. The molecule has 0 spiro atoms. The molecule has 1 unspecified atom stereocenters.